The van der Waals surface area contributed by atoms with Crippen LogP contribution in [0.1, 0.15) is 31.2 Å². The molecule has 0 saturated heterocycles. The number of methoxy groups -OCH3 is 1. The van der Waals surface area contributed by atoms with Gasteiger partial charge in [0.05, 0.1) is 7.11 Å². The van der Waals surface area contributed by atoms with E-state index >= 15 is 0 Å². The molecule has 0 radical (unpaired) electrons. The maximum Gasteiger partial charge on any atom is 0.173 e. The standard InChI is InChI=1S/C20H23FN2OS/c1-24-18-12-10-16(11-13-18)22-20(25)23(17-7-3-4-8-17)14-15-6-2-5-9-19(15)21/h2,5-6,9-13,17H,3-4,7-8,14H2,1H3,(H,22,25). The van der Waals surface area contributed by atoms with E-state index in [0.717, 1.165) is 24.3 Å². The molecule has 3 nitrogen and oxygen atoms in total. The van der Waals surface area contributed by atoms with Crippen molar-refractivity contribution in [2.45, 2.75) is 38.3 Å². The van der Waals surface area contributed by atoms with E-state index in [2.05, 4.69) is 10.2 Å². The molecule has 2 aromatic rings. The highest BCUT2D eigenvalue weighted by molar-refractivity contribution is 7.80. The number of nitrogens with zero attached hydrogens (tertiary/aromatic N) is 1. The van der Waals surface area contributed by atoms with Gasteiger partial charge in [-0.05, 0) is 55.4 Å². The number of hydrogen-bond acceptors (Lipinski definition) is 2. The Morgan fingerprint density at radius 2 is 1.84 bits per heavy atom. The zero-order chi connectivity index (χ0) is 17.6. The number of thiocarbonyl (C=S) groups is 1. The van der Waals surface area contributed by atoms with Gasteiger partial charge in [0.25, 0.3) is 0 Å². The van der Waals surface area contributed by atoms with Crippen molar-refractivity contribution < 1.29 is 9.13 Å². The van der Waals surface area contributed by atoms with Crippen molar-refractivity contribution >= 4 is 23.0 Å². The molecule has 5 heteroatoms. The first kappa shape index (κ1) is 17.7. The zero-order valence-electron chi connectivity index (χ0n) is 14.4. The summed E-state index contributed by atoms with van der Waals surface area (Å²) >= 11 is 5.66. The van der Waals surface area contributed by atoms with Crippen LogP contribution in [0.3, 0.4) is 0 Å². The monoisotopic (exact) mass is 358 g/mol. The summed E-state index contributed by atoms with van der Waals surface area (Å²) < 4.78 is 19.3. The molecule has 0 amide bonds. The molecule has 0 unspecified atom stereocenters. The first-order valence-electron chi connectivity index (χ1n) is 8.62. The molecule has 132 valence electrons. The quantitative estimate of drug-likeness (QED) is 0.762. The maximum absolute atomic E-state index is 14.1. The number of rotatable bonds is 5. The van der Waals surface area contributed by atoms with Gasteiger partial charge in [-0.2, -0.15) is 0 Å². The Hall–Kier alpha value is -2.14. The van der Waals surface area contributed by atoms with Crippen LogP contribution in [0.15, 0.2) is 48.5 Å². The minimum absolute atomic E-state index is 0.183. The molecular weight excluding hydrogens is 335 g/mol. The molecule has 0 atom stereocenters. The minimum atomic E-state index is -0.183. The zero-order valence-corrected chi connectivity index (χ0v) is 15.2. The molecule has 2 aromatic carbocycles. The number of benzene rings is 2. The molecule has 3 rings (SSSR count). The smallest absolute Gasteiger partial charge is 0.173 e. The summed E-state index contributed by atoms with van der Waals surface area (Å²) in [7, 11) is 1.64. The lowest BCUT2D eigenvalue weighted by molar-refractivity contribution is 0.308. The van der Waals surface area contributed by atoms with Crippen LogP contribution >= 0.6 is 12.2 Å². The number of anilines is 1. The van der Waals surface area contributed by atoms with Crippen LogP contribution in [0, 0.1) is 5.82 Å². The fourth-order valence-corrected chi connectivity index (χ4v) is 3.59. The highest BCUT2D eigenvalue weighted by Crippen LogP contribution is 2.26. The number of ether oxygens (including phenoxy) is 1. The van der Waals surface area contributed by atoms with Gasteiger partial charge in [0.15, 0.2) is 5.11 Å². The Morgan fingerprint density at radius 3 is 2.48 bits per heavy atom. The molecule has 0 heterocycles. The van der Waals surface area contributed by atoms with Crippen molar-refractivity contribution in [3.63, 3.8) is 0 Å². The van der Waals surface area contributed by atoms with Crippen molar-refractivity contribution in [1.29, 1.82) is 0 Å². The molecule has 0 aromatic heterocycles. The number of nitrogens with one attached hydrogen (secondary N) is 1. The van der Waals surface area contributed by atoms with Crippen molar-refractivity contribution in [1.82, 2.24) is 4.90 Å². The van der Waals surface area contributed by atoms with Gasteiger partial charge in [-0.1, -0.05) is 31.0 Å². The molecule has 1 aliphatic rings. The third kappa shape index (κ3) is 4.48. The molecule has 0 aliphatic heterocycles. The summed E-state index contributed by atoms with van der Waals surface area (Å²) in [6.07, 6.45) is 4.59. The third-order valence-electron chi connectivity index (χ3n) is 4.67. The van der Waals surface area contributed by atoms with Crippen molar-refractivity contribution in [2.75, 3.05) is 12.4 Å². The molecule has 1 saturated carbocycles. The van der Waals surface area contributed by atoms with E-state index in [1.54, 1.807) is 13.2 Å². The van der Waals surface area contributed by atoms with Crippen LogP contribution in [0.25, 0.3) is 0 Å². The lowest BCUT2D eigenvalue weighted by Gasteiger charge is -2.32. The lowest BCUT2D eigenvalue weighted by Crippen LogP contribution is -2.41. The Morgan fingerprint density at radius 1 is 1.16 bits per heavy atom. The van der Waals surface area contributed by atoms with Crippen molar-refractivity contribution in [2.24, 2.45) is 0 Å². The normalized spacial score (nSPS) is 14.3. The van der Waals surface area contributed by atoms with Crippen LogP contribution in [-0.2, 0) is 6.54 Å². The second kappa shape index (κ2) is 8.30. The van der Waals surface area contributed by atoms with Gasteiger partial charge in [-0.25, -0.2) is 4.39 Å². The van der Waals surface area contributed by atoms with E-state index in [9.17, 15) is 4.39 Å². The number of hydrogen-bond donors (Lipinski definition) is 1. The van der Waals surface area contributed by atoms with E-state index in [-0.39, 0.29) is 5.82 Å². The van der Waals surface area contributed by atoms with E-state index in [0.29, 0.717) is 23.3 Å². The summed E-state index contributed by atoms with van der Waals surface area (Å²) in [5.74, 6) is 0.619. The van der Waals surface area contributed by atoms with Crippen LogP contribution in [-0.4, -0.2) is 23.2 Å². The first-order chi connectivity index (χ1) is 12.2. The highest BCUT2D eigenvalue weighted by Gasteiger charge is 2.25. The summed E-state index contributed by atoms with van der Waals surface area (Å²) in [6, 6.07) is 14.9. The van der Waals surface area contributed by atoms with Crippen molar-refractivity contribution in [3.8, 4) is 5.75 Å². The summed E-state index contributed by atoms with van der Waals surface area (Å²) in [5.41, 5.74) is 1.58. The van der Waals surface area contributed by atoms with E-state index in [1.165, 1.54) is 18.9 Å². The molecule has 0 spiro atoms. The SMILES string of the molecule is COc1ccc(NC(=S)N(Cc2ccccc2F)C2CCCC2)cc1. The van der Waals surface area contributed by atoms with E-state index in [1.807, 2.05) is 36.4 Å². The molecule has 1 fully saturated rings. The molecular formula is C20H23FN2OS. The predicted molar refractivity (Wildman–Crippen MR) is 103 cm³/mol. The van der Waals surface area contributed by atoms with Crippen LogP contribution in [0.5, 0.6) is 5.75 Å². The van der Waals surface area contributed by atoms with Crippen LogP contribution in [0.2, 0.25) is 0 Å². The molecule has 25 heavy (non-hydrogen) atoms. The largest absolute Gasteiger partial charge is 0.497 e. The van der Waals surface area contributed by atoms with Crippen LogP contribution < -0.4 is 10.1 Å². The Balaban J connectivity index is 1.75. The minimum Gasteiger partial charge on any atom is -0.497 e. The second-order valence-corrected chi connectivity index (χ2v) is 6.70. The van der Waals surface area contributed by atoms with Gasteiger partial charge in [0, 0.05) is 23.8 Å². The summed E-state index contributed by atoms with van der Waals surface area (Å²) in [5, 5.41) is 3.93. The lowest BCUT2D eigenvalue weighted by atomic mass is 10.1. The third-order valence-corrected chi connectivity index (χ3v) is 5.00. The molecule has 1 aliphatic carbocycles. The Labute approximate surface area is 153 Å². The maximum atomic E-state index is 14.1. The van der Waals surface area contributed by atoms with Gasteiger partial charge in [0.2, 0.25) is 0 Å². The summed E-state index contributed by atoms with van der Waals surface area (Å²) in [4.78, 5) is 2.13. The van der Waals surface area contributed by atoms with E-state index < -0.39 is 0 Å². The van der Waals surface area contributed by atoms with Gasteiger partial charge in [0.1, 0.15) is 11.6 Å². The van der Waals surface area contributed by atoms with Gasteiger partial charge in [-0.3, -0.25) is 0 Å². The van der Waals surface area contributed by atoms with E-state index in [4.69, 9.17) is 17.0 Å². The molecule has 0 bridgehead atoms. The second-order valence-electron chi connectivity index (χ2n) is 6.32. The van der Waals surface area contributed by atoms with Crippen molar-refractivity contribution in [3.05, 3.63) is 59.9 Å². The first-order valence-corrected chi connectivity index (χ1v) is 9.03. The Bertz CT molecular complexity index is 714. The number of halogens is 1. The fourth-order valence-electron chi connectivity index (χ4n) is 3.26. The average Bonchev–Trinajstić information content (AvgIpc) is 3.16. The highest BCUT2D eigenvalue weighted by atomic mass is 32.1. The van der Waals surface area contributed by atoms with Gasteiger partial charge in [-0.15, -0.1) is 0 Å². The topological polar surface area (TPSA) is 24.5 Å². The van der Waals surface area contributed by atoms with Gasteiger partial charge >= 0.3 is 0 Å². The fraction of sp³-hybridized carbons (Fsp3) is 0.350. The average molecular weight is 358 g/mol. The Kier molecular flexibility index (Phi) is 5.87. The van der Waals surface area contributed by atoms with Crippen LogP contribution in [0.4, 0.5) is 10.1 Å². The molecule has 1 N–H and O–H groups in total. The summed E-state index contributed by atoms with van der Waals surface area (Å²) in [6.45, 7) is 0.485. The van der Waals surface area contributed by atoms with Gasteiger partial charge < -0.3 is 15.0 Å². The predicted octanol–water partition coefficient (Wildman–Crippen LogP) is 4.98.